The van der Waals surface area contributed by atoms with E-state index < -0.39 is 5.91 Å². The van der Waals surface area contributed by atoms with E-state index in [2.05, 4.69) is 20.1 Å². The van der Waals surface area contributed by atoms with Crippen LogP contribution in [0, 0.1) is 0 Å². The fourth-order valence-electron chi connectivity index (χ4n) is 5.18. The molecule has 5 N–H and O–H groups in total. The van der Waals surface area contributed by atoms with Crippen LogP contribution in [0.3, 0.4) is 0 Å². The quantitative estimate of drug-likeness (QED) is 0.136. The molecule has 0 aromatic heterocycles. The number of nitrogens with one attached hydrogen (secondary N) is 1. The van der Waals surface area contributed by atoms with Crippen molar-refractivity contribution in [3.05, 3.63) is 71.3 Å². The van der Waals surface area contributed by atoms with Crippen LogP contribution < -0.4 is 40.5 Å². The lowest BCUT2D eigenvalue weighted by atomic mass is 10.1. The second-order valence-corrected chi connectivity index (χ2v) is 10.5. The number of benzene rings is 3. The van der Waals surface area contributed by atoms with Gasteiger partial charge in [-0.1, -0.05) is 6.07 Å². The lowest BCUT2D eigenvalue weighted by Gasteiger charge is -2.35. The first-order valence-corrected chi connectivity index (χ1v) is 14.8. The molecule has 0 bridgehead atoms. The molecule has 1 aliphatic rings. The Kier molecular flexibility index (Phi) is 12.0. The minimum atomic E-state index is -0.629. The van der Waals surface area contributed by atoms with Gasteiger partial charge >= 0.3 is 0 Å². The SMILES string of the molecule is COc1ccc(C(=O)Nc2cc(C(=O)N=C(N)N)ccc2OCCCN2CCN(Cc3ccc(OC)c(OC)c3OC)CC2)cc1. The lowest BCUT2D eigenvalue weighted by molar-refractivity contribution is 0.0998. The molecule has 0 spiro atoms. The Labute approximate surface area is 269 Å². The van der Waals surface area contributed by atoms with E-state index in [9.17, 15) is 9.59 Å². The second kappa shape index (κ2) is 16.3. The molecule has 246 valence electrons. The Hall–Kier alpha value is -5.01. The van der Waals surface area contributed by atoms with Gasteiger partial charge in [0, 0.05) is 56.0 Å². The van der Waals surface area contributed by atoms with Crippen LogP contribution >= 0.6 is 0 Å². The molecule has 1 heterocycles. The van der Waals surface area contributed by atoms with Crippen molar-refractivity contribution in [3.8, 4) is 28.7 Å². The Morgan fingerprint density at radius 3 is 2.07 bits per heavy atom. The molecule has 4 rings (SSSR count). The summed E-state index contributed by atoms with van der Waals surface area (Å²) in [6.07, 6.45) is 0.768. The molecule has 13 heteroatoms. The van der Waals surface area contributed by atoms with Crippen molar-refractivity contribution >= 4 is 23.5 Å². The third-order valence-corrected chi connectivity index (χ3v) is 7.58. The number of methoxy groups -OCH3 is 4. The van der Waals surface area contributed by atoms with Crippen LogP contribution in [0.4, 0.5) is 5.69 Å². The summed E-state index contributed by atoms with van der Waals surface area (Å²) in [7, 11) is 6.41. The number of hydrogen-bond donors (Lipinski definition) is 3. The van der Waals surface area contributed by atoms with Crippen LogP contribution in [0.2, 0.25) is 0 Å². The topological polar surface area (TPSA) is 163 Å². The van der Waals surface area contributed by atoms with Gasteiger partial charge in [-0.15, -0.1) is 0 Å². The molecule has 2 amide bonds. The molecule has 46 heavy (non-hydrogen) atoms. The van der Waals surface area contributed by atoms with Gasteiger partial charge in [0.05, 0.1) is 40.7 Å². The second-order valence-electron chi connectivity index (χ2n) is 10.5. The summed E-state index contributed by atoms with van der Waals surface area (Å²) >= 11 is 0. The maximum absolute atomic E-state index is 13.0. The van der Waals surface area contributed by atoms with E-state index in [1.807, 2.05) is 12.1 Å². The van der Waals surface area contributed by atoms with E-state index in [0.29, 0.717) is 46.6 Å². The Morgan fingerprint density at radius 1 is 0.783 bits per heavy atom. The smallest absolute Gasteiger partial charge is 0.280 e. The third-order valence-electron chi connectivity index (χ3n) is 7.58. The van der Waals surface area contributed by atoms with Crippen LogP contribution in [-0.4, -0.2) is 95.3 Å². The van der Waals surface area contributed by atoms with E-state index in [-0.39, 0.29) is 17.4 Å². The minimum Gasteiger partial charge on any atom is -0.497 e. The zero-order valence-electron chi connectivity index (χ0n) is 26.7. The summed E-state index contributed by atoms with van der Waals surface area (Å²) in [4.78, 5) is 33.8. The van der Waals surface area contributed by atoms with Gasteiger partial charge in [0.2, 0.25) is 5.75 Å². The summed E-state index contributed by atoms with van der Waals surface area (Å²) < 4.78 is 27.8. The van der Waals surface area contributed by atoms with Gasteiger partial charge < -0.3 is 45.4 Å². The molecular weight excluding hydrogens is 592 g/mol. The number of piperazine rings is 1. The third kappa shape index (κ3) is 8.79. The molecule has 1 aliphatic heterocycles. The molecule has 0 atom stereocenters. The predicted molar refractivity (Wildman–Crippen MR) is 175 cm³/mol. The van der Waals surface area contributed by atoms with Crippen LogP contribution in [-0.2, 0) is 6.54 Å². The van der Waals surface area contributed by atoms with E-state index in [1.165, 1.54) is 6.07 Å². The largest absolute Gasteiger partial charge is 0.497 e. The number of rotatable bonds is 14. The van der Waals surface area contributed by atoms with Gasteiger partial charge in [-0.2, -0.15) is 4.99 Å². The van der Waals surface area contributed by atoms with E-state index in [4.69, 9.17) is 35.2 Å². The summed E-state index contributed by atoms with van der Waals surface area (Å²) in [6, 6.07) is 15.3. The number of carbonyl (C=O) groups is 2. The highest BCUT2D eigenvalue weighted by molar-refractivity contribution is 6.07. The molecule has 0 radical (unpaired) electrons. The number of anilines is 1. The average Bonchev–Trinajstić information content (AvgIpc) is 3.07. The maximum Gasteiger partial charge on any atom is 0.280 e. The lowest BCUT2D eigenvalue weighted by Crippen LogP contribution is -2.46. The average molecular weight is 635 g/mol. The predicted octanol–water partition coefficient (Wildman–Crippen LogP) is 2.97. The van der Waals surface area contributed by atoms with Gasteiger partial charge in [-0.05, 0) is 55.0 Å². The van der Waals surface area contributed by atoms with Crippen molar-refractivity contribution in [2.24, 2.45) is 16.5 Å². The zero-order chi connectivity index (χ0) is 33.1. The van der Waals surface area contributed by atoms with Crippen LogP contribution in [0.25, 0.3) is 0 Å². The summed E-state index contributed by atoms with van der Waals surface area (Å²) in [5.74, 6) is 1.63. The van der Waals surface area contributed by atoms with Gasteiger partial charge in [-0.25, -0.2) is 0 Å². The highest BCUT2D eigenvalue weighted by atomic mass is 16.5. The normalized spacial score (nSPS) is 13.4. The van der Waals surface area contributed by atoms with Gasteiger partial charge in [0.15, 0.2) is 17.5 Å². The number of carbonyl (C=O) groups excluding carboxylic acids is 2. The van der Waals surface area contributed by atoms with Crippen LogP contribution in [0.15, 0.2) is 59.6 Å². The number of nitrogens with two attached hydrogens (primary N) is 2. The van der Waals surface area contributed by atoms with Crippen molar-refractivity contribution < 1.29 is 33.3 Å². The number of amides is 2. The number of aliphatic imine (C=N–C) groups is 1. The first-order valence-electron chi connectivity index (χ1n) is 14.8. The fourth-order valence-corrected chi connectivity index (χ4v) is 5.18. The zero-order valence-corrected chi connectivity index (χ0v) is 26.7. The summed E-state index contributed by atoms with van der Waals surface area (Å²) in [5, 5.41) is 2.84. The molecule has 3 aromatic carbocycles. The van der Waals surface area contributed by atoms with Crippen molar-refractivity contribution in [3.63, 3.8) is 0 Å². The first-order chi connectivity index (χ1) is 22.3. The van der Waals surface area contributed by atoms with Crippen molar-refractivity contribution in [2.75, 3.05) is 73.1 Å². The minimum absolute atomic E-state index is 0.203. The van der Waals surface area contributed by atoms with E-state index in [0.717, 1.165) is 51.3 Å². The molecular formula is C33H42N6O7. The first kappa shape index (κ1) is 33.9. The molecule has 0 saturated carbocycles. The standard InChI is InChI=1S/C33H42N6O7/c1-42-25-10-6-22(7-11-25)31(40)36-26-20-23(32(41)37-33(34)35)8-12-27(26)46-19-5-14-38-15-17-39(18-16-38)21-24-9-13-28(43-2)30(45-4)29(24)44-3/h6-13,20H,5,14-19,21H2,1-4H3,(H,36,40)(H4,34,35,37,41). The number of guanidine groups is 1. The summed E-state index contributed by atoms with van der Waals surface area (Å²) in [5.41, 5.74) is 12.7. The summed E-state index contributed by atoms with van der Waals surface area (Å²) in [6.45, 7) is 5.65. The molecule has 13 nitrogen and oxygen atoms in total. The highest BCUT2D eigenvalue weighted by Crippen LogP contribution is 2.40. The Balaban J connectivity index is 1.32. The van der Waals surface area contributed by atoms with Gasteiger partial charge in [0.1, 0.15) is 11.5 Å². The van der Waals surface area contributed by atoms with E-state index >= 15 is 0 Å². The fraction of sp³-hybridized carbons (Fsp3) is 0.364. The number of nitrogens with zero attached hydrogens (tertiary/aromatic N) is 3. The van der Waals surface area contributed by atoms with Crippen molar-refractivity contribution in [2.45, 2.75) is 13.0 Å². The molecule has 1 saturated heterocycles. The molecule has 1 fully saturated rings. The number of ether oxygens (including phenoxy) is 5. The van der Waals surface area contributed by atoms with Gasteiger partial charge in [0.25, 0.3) is 11.8 Å². The Bertz CT molecular complexity index is 1520. The van der Waals surface area contributed by atoms with Crippen molar-refractivity contribution in [1.29, 1.82) is 0 Å². The number of hydrogen-bond acceptors (Lipinski definition) is 9. The van der Waals surface area contributed by atoms with Crippen molar-refractivity contribution in [1.82, 2.24) is 9.80 Å². The molecule has 0 aliphatic carbocycles. The monoisotopic (exact) mass is 634 g/mol. The highest BCUT2D eigenvalue weighted by Gasteiger charge is 2.21. The van der Waals surface area contributed by atoms with E-state index in [1.54, 1.807) is 64.8 Å². The van der Waals surface area contributed by atoms with Crippen LogP contribution in [0.5, 0.6) is 28.7 Å². The Morgan fingerprint density at radius 2 is 1.43 bits per heavy atom. The van der Waals surface area contributed by atoms with Gasteiger partial charge in [-0.3, -0.25) is 14.5 Å². The molecule has 3 aromatic rings. The van der Waals surface area contributed by atoms with Crippen LogP contribution in [0.1, 0.15) is 32.7 Å². The molecule has 0 unspecified atom stereocenters. The maximum atomic E-state index is 13.0.